The van der Waals surface area contributed by atoms with Crippen LogP contribution in [-0.2, 0) is 12.6 Å². The van der Waals surface area contributed by atoms with Gasteiger partial charge in [0.15, 0.2) is 5.60 Å². The highest BCUT2D eigenvalue weighted by Crippen LogP contribution is 2.44. The second-order valence-corrected chi connectivity index (χ2v) is 8.99. The van der Waals surface area contributed by atoms with Crippen LogP contribution in [0.25, 0.3) is 28.1 Å². The zero-order chi connectivity index (χ0) is 23.9. The molecule has 5 rings (SSSR count). The summed E-state index contributed by atoms with van der Waals surface area (Å²) in [6.07, 6.45) is 5.07. The molecule has 3 aromatic carbocycles. The van der Waals surface area contributed by atoms with E-state index in [1.54, 1.807) is 30.7 Å². The van der Waals surface area contributed by atoms with Crippen LogP contribution in [0.4, 0.5) is 0 Å². The van der Waals surface area contributed by atoms with Crippen molar-refractivity contribution in [3.8, 4) is 11.1 Å². The van der Waals surface area contributed by atoms with Gasteiger partial charge in [-0.3, -0.25) is 0 Å². The van der Waals surface area contributed by atoms with Crippen LogP contribution in [0.3, 0.4) is 0 Å². The highest BCUT2D eigenvalue weighted by molar-refractivity contribution is 6.31. The van der Waals surface area contributed by atoms with Gasteiger partial charge < -0.3 is 9.67 Å². The molecule has 4 nitrogen and oxygen atoms in total. The van der Waals surface area contributed by atoms with Gasteiger partial charge >= 0.3 is 0 Å². The van der Waals surface area contributed by atoms with Crippen molar-refractivity contribution in [2.75, 3.05) is 0 Å². The van der Waals surface area contributed by atoms with Crippen molar-refractivity contribution >= 4 is 40.2 Å². The lowest BCUT2D eigenvalue weighted by Gasteiger charge is -2.32. The maximum atomic E-state index is 12.6. The van der Waals surface area contributed by atoms with Gasteiger partial charge in [0.05, 0.1) is 29.4 Å². The summed E-state index contributed by atoms with van der Waals surface area (Å²) in [6, 6.07) is 22.6. The highest BCUT2D eigenvalue weighted by atomic mass is 35.5. The molecule has 0 amide bonds. The van der Waals surface area contributed by atoms with E-state index in [1.807, 2.05) is 72.3 Å². The van der Waals surface area contributed by atoms with E-state index in [0.29, 0.717) is 26.9 Å². The number of pyridine rings is 1. The molecule has 1 atom stereocenters. The van der Waals surface area contributed by atoms with Crippen molar-refractivity contribution < 1.29 is 5.11 Å². The predicted octanol–water partition coefficient (Wildman–Crippen LogP) is 6.87. The molecular weight excluding hydrogens is 465 g/mol. The summed E-state index contributed by atoms with van der Waals surface area (Å²) in [6.45, 7) is 3.84. The molecule has 2 aromatic heterocycles. The Morgan fingerprint density at radius 1 is 0.971 bits per heavy atom. The van der Waals surface area contributed by atoms with Crippen LogP contribution < -0.4 is 0 Å². The first kappa shape index (κ1) is 22.4. The van der Waals surface area contributed by atoms with Crippen molar-refractivity contribution in [1.82, 2.24) is 14.5 Å². The summed E-state index contributed by atoms with van der Waals surface area (Å²) < 4.78 is 1.82. The van der Waals surface area contributed by atoms with Crippen LogP contribution in [0.1, 0.15) is 22.5 Å². The average molecular weight is 486 g/mol. The first-order chi connectivity index (χ1) is 16.4. The summed E-state index contributed by atoms with van der Waals surface area (Å²) in [5.74, 6) is 0. The molecule has 34 heavy (non-hydrogen) atoms. The largest absolute Gasteiger partial charge is 0.374 e. The maximum absolute atomic E-state index is 12.6. The highest BCUT2D eigenvalue weighted by Gasteiger charge is 2.39. The third-order valence-electron chi connectivity index (χ3n) is 6.05. The van der Waals surface area contributed by atoms with Crippen LogP contribution in [0, 0.1) is 0 Å². The lowest BCUT2D eigenvalue weighted by atomic mass is 9.78. The third kappa shape index (κ3) is 3.70. The molecule has 0 aliphatic heterocycles. The Morgan fingerprint density at radius 3 is 2.44 bits per heavy atom. The summed E-state index contributed by atoms with van der Waals surface area (Å²) >= 11 is 12.6. The fraction of sp³-hybridized carbons (Fsp3) is 0.0714. The summed E-state index contributed by atoms with van der Waals surface area (Å²) in [7, 11) is 1.86. The van der Waals surface area contributed by atoms with E-state index in [0.717, 1.165) is 27.7 Å². The van der Waals surface area contributed by atoms with Gasteiger partial charge in [-0.15, -0.1) is 0 Å². The standard InChI is InChI=1S/C28H21Cl2N3O/c1-3-22-11-12-23-25(32-22)14-13-24(27(23)18-5-4-6-21(30)15-18)28(34,26-16-31-17-33(26)2)19-7-9-20(29)10-8-19/h3-17,34H,1H2,2H3. The van der Waals surface area contributed by atoms with Crippen molar-refractivity contribution in [2.24, 2.45) is 7.05 Å². The fourth-order valence-corrected chi connectivity index (χ4v) is 4.74. The van der Waals surface area contributed by atoms with Gasteiger partial charge in [0.25, 0.3) is 0 Å². The maximum Gasteiger partial charge on any atom is 0.157 e. The van der Waals surface area contributed by atoms with Gasteiger partial charge in [-0.2, -0.15) is 0 Å². The molecule has 6 heteroatoms. The Kier molecular flexibility index (Phi) is 5.74. The number of hydrogen-bond acceptors (Lipinski definition) is 3. The average Bonchev–Trinajstić information content (AvgIpc) is 3.29. The van der Waals surface area contributed by atoms with Crippen LogP contribution in [-0.4, -0.2) is 19.6 Å². The van der Waals surface area contributed by atoms with E-state index in [-0.39, 0.29) is 0 Å². The number of nitrogens with zero attached hydrogens (tertiary/aromatic N) is 3. The van der Waals surface area contributed by atoms with Crippen molar-refractivity contribution in [3.63, 3.8) is 0 Å². The van der Waals surface area contributed by atoms with E-state index < -0.39 is 5.60 Å². The first-order valence-corrected chi connectivity index (χ1v) is 11.4. The molecule has 1 N–H and O–H groups in total. The van der Waals surface area contributed by atoms with Crippen molar-refractivity contribution in [3.05, 3.63) is 124 Å². The molecule has 168 valence electrons. The van der Waals surface area contributed by atoms with Gasteiger partial charge in [0, 0.05) is 28.0 Å². The van der Waals surface area contributed by atoms with E-state index in [2.05, 4.69) is 11.6 Å². The zero-order valence-electron chi connectivity index (χ0n) is 18.4. The molecule has 2 heterocycles. The number of halogens is 2. The number of hydrogen-bond donors (Lipinski definition) is 1. The number of aryl methyl sites for hydroxylation is 1. The third-order valence-corrected chi connectivity index (χ3v) is 6.54. The topological polar surface area (TPSA) is 50.9 Å². The molecule has 0 saturated heterocycles. The number of benzene rings is 3. The Morgan fingerprint density at radius 2 is 1.76 bits per heavy atom. The lowest BCUT2D eigenvalue weighted by molar-refractivity contribution is 0.118. The van der Waals surface area contributed by atoms with E-state index in [4.69, 9.17) is 28.2 Å². The van der Waals surface area contributed by atoms with Gasteiger partial charge in [0.2, 0.25) is 0 Å². The minimum Gasteiger partial charge on any atom is -0.374 e. The monoisotopic (exact) mass is 485 g/mol. The first-order valence-electron chi connectivity index (χ1n) is 10.7. The second-order valence-electron chi connectivity index (χ2n) is 8.11. The lowest BCUT2D eigenvalue weighted by Crippen LogP contribution is -2.32. The molecule has 0 radical (unpaired) electrons. The van der Waals surface area contributed by atoms with E-state index in [9.17, 15) is 5.11 Å². The summed E-state index contributed by atoms with van der Waals surface area (Å²) in [5, 5.41) is 14.7. The van der Waals surface area contributed by atoms with Crippen LogP contribution in [0.15, 0.2) is 91.9 Å². The molecule has 0 saturated carbocycles. The number of fused-ring (bicyclic) bond motifs is 1. The fourth-order valence-electron chi connectivity index (χ4n) is 4.43. The van der Waals surface area contributed by atoms with Gasteiger partial charge in [-0.1, -0.05) is 66.2 Å². The van der Waals surface area contributed by atoms with Crippen molar-refractivity contribution in [1.29, 1.82) is 0 Å². The van der Waals surface area contributed by atoms with Gasteiger partial charge in [-0.25, -0.2) is 9.97 Å². The number of imidazole rings is 1. The van der Waals surface area contributed by atoms with Crippen LogP contribution in [0.2, 0.25) is 10.0 Å². The molecule has 0 aliphatic carbocycles. The molecule has 0 bridgehead atoms. The number of rotatable bonds is 5. The molecule has 0 fully saturated rings. The Labute approximate surface area is 207 Å². The second kappa shape index (κ2) is 8.73. The molecule has 0 spiro atoms. The van der Waals surface area contributed by atoms with E-state index >= 15 is 0 Å². The molecule has 1 unspecified atom stereocenters. The quantitative estimate of drug-likeness (QED) is 0.295. The molecular formula is C28H21Cl2N3O. The van der Waals surface area contributed by atoms with Gasteiger partial charge in [0.1, 0.15) is 0 Å². The van der Waals surface area contributed by atoms with Gasteiger partial charge in [-0.05, 0) is 59.2 Å². The normalized spacial score (nSPS) is 13.1. The molecule has 0 aliphatic rings. The van der Waals surface area contributed by atoms with Crippen LogP contribution in [0.5, 0.6) is 0 Å². The smallest absolute Gasteiger partial charge is 0.157 e. The molecule has 5 aromatic rings. The Balaban J connectivity index is 1.92. The Bertz CT molecular complexity index is 1530. The number of aliphatic hydroxyl groups is 1. The van der Waals surface area contributed by atoms with Crippen LogP contribution >= 0.6 is 23.2 Å². The zero-order valence-corrected chi connectivity index (χ0v) is 19.9. The van der Waals surface area contributed by atoms with E-state index in [1.165, 1.54) is 0 Å². The minimum absolute atomic E-state index is 0.589. The van der Waals surface area contributed by atoms with Crippen molar-refractivity contribution in [2.45, 2.75) is 5.60 Å². The number of aromatic nitrogens is 3. The Hall–Kier alpha value is -3.44. The minimum atomic E-state index is -1.53. The summed E-state index contributed by atoms with van der Waals surface area (Å²) in [5.41, 5.74) is 3.71. The SMILES string of the molecule is C=Cc1ccc2c(-c3cccc(Cl)c3)c(C(O)(c3ccc(Cl)cc3)c3cncn3C)ccc2n1. The summed E-state index contributed by atoms with van der Waals surface area (Å²) in [4.78, 5) is 9.01. The predicted molar refractivity (Wildman–Crippen MR) is 139 cm³/mol.